The number of phenolic OH excluding ortho intramolecular Hbond substituents is 2. The highest BCUT2D eigenvalue weighted by Gasteiger charge is 2.15. The van der Waals surface area contributed by atoms with Gasteiger partial charge in [0, 0.05) is 11.6 Å². The van der Waals surface area contributed by atoms with Crippen LogP contribution in [-0.4, -0.2) is 24.5 Å². The van der Waals surface area contributed by atoms with E-state index in [1.165, 1.54) is 36.4 Å². The van der Waals surface area contributed by atoms with E-state index >= 15 is 0 Å². The molecule has 24 heavy (non-hydrogen) atoms. The lowest BCUT2D eigenvalue weighted by Gasteiger charge is -2.13. The number of aromatic hydroxyl groups is 2. The maximum absolute atomic E-state index is 12.2. The molecule has 2 aromatic carbocycles. The van der Waals surface area contributed by atoms with Crippen LogP contribution < -0.4 is 10.5 Å². The third kappa shape index (κ3) is 4.46. The molecule has 0 aliphatic carbocycles. The summed E-state index contributed by atoms with van der Waals surface area (Å²) in [4.78, 5) is 12.2. The van der Waals surface area contributed by atoms with Crippen molar-refractivity contribution in [2.45, 2.75) is 18.2 Å². The lowest BCUT2D eigenvalue weighted by atomic mass is 10.00. The highest BCUT2D eigenvalue weighted by molar-refractivity contribution is 7.89. The number of phenols is 2. The first kappa shape index (κ1) is 17.8. The molecular formula is C16H18N2O5S. The van der Waals surface area contributed by atoms with Crippen molar-refractivity contribution in [2.24, 2.45) is 11.1 Å². The average molecular weight is 350 g/mol. The first-order chi connectivity index (χ1) is 11.2. The van der Waals surface area contributed by atoms with E-state index in [0.717, 1.165) is 0 Å². The number of rotatable bonds is 5. The van der Waals surface area contributed by atoms with E-state index in [1.54, 1.807) is 13.0 Å². The molecule has 0 fully saturated rings. The SMILES string of the molecule is CC(Cc1ccc(O)c(O)c1)C(=O)Nc1ccc(S(N)(=O)=O)cc1. The van der Waals surface area contributed by atoms with Crippen molar-refractivity contribution in [1.29, 1.82) is 0 Å². The van der Waals surface area contributed by atoms with Crippen molar-refractivity contribution in [2.75, 3.05) is 5.32 Å². The smallest absolute Gasteiger partial charge is 0.238 e. The zero-order valence-corrected chi connectivity index (χ0v) is 13.7. The Morgan fingerprint density at radius 2 is 1.75 bits per heavy atom. The Hall–Kier alpha value is -2.58. The Bertz CT molecular complexity index is 847. The molecule has 0 aliphatic rings. The second-order valence-electron chi connectivity index (χ2n) is 5.49. The Kier molecular flexibility index (Phi) is 5.10. The van der Waals surface area contributed by atoms with Crippen LogP contribution in [0, 0.1) is 5.92 Å². The summed E-state index contributed by atoms with van der Waals surface area (Å²) in [6.45, 7) is 1.72. The summed E-state index contributed by atoms with van der Waals surface area (Å²) in [7, 11) is -3.77. The zero-order chi connectivity index (χ0) is 17.9. The average Bonchev–Trinajstić information content (AvgIpc) is 2.50. The van der Waals surface area contributed by atoms with E-state index in [9.17, 15) is 23.4 Å². The Morgan fingerprint density at radius 1 is 1.12 bits per heavy atom. The molecule has 0 bridgehead atoms. The van der Waals surface area contributed by atoms with E-state index in [-0.39, 0.29) is 22.3 Å². The minimum Gasteiger partial charge on any atom is -0.504 e. The molecule has 0 heterocycles. The first-order valence-corrected chi connectivity index (χ1v) is 8.66. The van der Waals surface area contributed by atoms with Crippen molar-refractivity contribution < 1.29 is 23.4 Å². The predicted molar refractivity (Wildman–Crippen MR) is 89.1 cm³/mol. The maximum Gasteiger partial charge on any atom is 0.238 e. The lowest BCUT2D eigenvalue weighted by Crippen LogP contribution is -2.22. The van der Waals surface area contributed by atoms with Crippen LogP contribution in [0.25, 0.3) is 0 Å². The number of primary sulfonamides is 1. The molecule has 0 saturated heterocycles. The number of sulfonamides is 1. The lowest BCUT2D eigenvalue weighted by molar-refractivity contribution is -0.119. The highest BCUT2D eigenvalue weighted by atomic mass is 32.2. The van der Waals surface area contributed by atoms with Gasteiger partial charge < -0.3 is 15.5 Å². The molecule has 7 nitrogen and oxygen atoms in total. The summed E-state index contributed by atoms with van der Waals surface area (Å²) in [6, 6.07) is 9.93. The van der Waals surface area contributed by atoms with Gasteiger partial charge in [0.1, 0.15) is 0 Å². The minimum atomic E-state index is -3.77. The van der Waals surface area contributed by atoms with Crippen molar-refractivity contribution in [1.82, 2.24) is 0 Å². The second kappa shape index (κ2) is 6.90. The largest absolute Gasteiger partial charge is 0.504 e. The number of hydrogen-bond donors (Lipinski definition) is 4. The minimum absolute atomic E-state index is 0.0342. The molecule has 2 aromatic rings. The van der Waals surface area contributed by atoms with Crippen molar-refractivity contribution in [3.05, 3.63) is 48.0 Å². The van der Waals surface area contributed by atoms with Crippen molar-refractivity contribution in [3.8, 4) is 11.5 Å². The summed E-state index contributed by atoms with van der Waals surface area (Å²) >= 11 is 0. The second-order valence-corrected chi connectivity index (χ2v) is 7.05. The Morgan fingerprint density at radius 3 is 2.29 bits per heavy atom. The van der Waals surface area contributed by atoms with Gasteiger partial charge in [-0.15, -0.1) is 0 Å². The molecule has 1 amide bonds. The summed E-state index contributed by atoms with van der Waals surface area (Å²) in [5.41, 5.74) is 1.16. The van der Waals surface area contributed by atoms with Crippen LogP contribution in [0.15, 0.2) is 47.4 Å². The van der Waals surface area contributed by atoms with E-state index in [2.05, 4.69) is 5.32 Å². The number of amides is 1. The number of benzene rings is 2. The van der Waals surface area contributed by atoms with Gasteiger partial charge in [0.2, 0.25) is 15.9 Å². The molecule has 5 N–H and O–H groups in total. The fourth-order valence-corrected chi connectivity index (χ4v) is 2.65. The van der Waals surface area contributed by atoms with Gasteiger partial charge in [-0.1, -0.05) is 13.0 Å². The van der Waals surface area contributed by atoms with Gasteiger partial charge >= 0.3 is 0 Å². The van der Waals surface area contributed by atoms with Gasteiger partial charge in [-0.25, -0.2) is 13.6 Å². The highest BCUT2D eigenvalue weighted by Crippen LogP contribution is 2.26. The number of nitrogens with two attached hydrogens (primary N) is 1. The number of hydrogen-bond acceptors (Lipinski definition) is 5. The van der Waals surface area contributed by atoms with E-state index in [4.69, 9.17) is 5.14 Å². The van der Waals surface area contributed by atoms with E-state index in [1.807, 2.05) is 0 Å². The molecule has 0 saturated carbocycles. The molecule has 0 spiro atoms. The fourth-order valence-electron chi connectivity index (χ4n) is 2.14. The van der Waals surface area contributed by atoms with Gasteiger partial charge in [0.15, 0.2) is 11.5 Å². The molecular weight excluding hydrogens is 332 g/mol. The molecule has 2 rings (SSSR count). The van der Waals surface area contributed by atoms with Gasteiger partial charge in [0.25, 0.3) is 0 Å². The molecule has 128 valence electrons. The molecule has 0 aliphatic heterocycles. The quantitative estimate of drug-likeness (QED) is 0.608. The molecule has 1 unspecified atom stereocenters. The van der Waals surface area contributed by atoms with Crippen LogP contribution >= 0.6 is 0 Å². The maximum atomic E-state index is 12.2. The van der Waals surface area contributed by atoms with Crippen molar-refractivity contribution >= 4 is 21.6 Å². The van der Waals surface area contributed by atoms with Gasteiger partial charge in [0.05, 0.1) is 4.90 Å². The van der Waals surface area contributed by atoms with E-state index < -0.39 is 15.9 Å². The topological polar surface area (TPSA) is 130 Å². The number of carbonyl (C=O) groups is 1. The first-order valence-electron chi connectivity index (χ1n) is 7.11. The molecule has 0 radical (unpaired) electrons. The normalized spacial score (nSPS) is 12.6. The van der Waals surface area contributed by atoms with Crippen LogP contribution in [0.3, 0.4) is 0 Å². The number of nitrogens with one attached hydrogen (secondary N) is 1. The number of anilines is 1. The van der Waals surface area contributed by atoms with Crippen molar-refractivity contribution in [3.63, 3.8) is 0 Å². The van der Waals surface area contributed by atoms with Crippen LogP contribution in [0.5, 0.6) is 11.5 Å². The molecule has 0 aromatic heterocycles. The Balaban J connectivity index is 2.02. The third-order valence-corrected chi connectivity index (χ3v) is 4.41. The van der Waals surface area contributed by atoms with Crippen LogP contribution in [-0.2, 0) is 21.2 Å². The van der Waals surface area contributed by atoms with Crippen LogP contribution in [0.4, 0.5) is 5.69 Å². The van der Waals surface area contributed by atoms with Gasteiger partial charge in [-0.2, -0.15) is 0 Å². The standard InChI is InChI=1S/C16H18N2O5S/c1-10(8-11-2-7-14(19)15(20)9-11)16(21)18-12-3-5-13(6-4-12)24(17,22)23/h2-7,9-10,19-20H,8H2,1H3,(H,18,21)(H2,17,22,23). The van der Waals surface area contributed by atoms with E-state index in [0.29, 0.717) is 17.7 Å². The summed E-state index contributed by atoms with van der Waals surface area (Å²) in [5.74, 6) is -1.11. The molecule has 1 atom stereocenters. The fraction of sp³-hybridized carbons (Fsp3) is 0.188. The predicted octanol–water partition coefficient (Wildman–Crippen LogP) is 1.56. The van der Waals surface area contributed by atoms with Gasteiger partial charge in [-0.05, 0) is 48.4 Å². The Labute approximate surface area is 139 Å². The zero-order valence-electron chi connectivity index (χ0n) is 12.9. The summed E-state index contributed by atoms with van der Waals surface area (Å²) < 4.78 is 22.4. The number of carbonyl (C=O) groups excluding carboxylic acids is 1. The molecule has 8 heteroatoms. The van der Waals surface area contributed by atoms with Crippen LogP contribution in [0.2, 0.25) is 0 Å². The van der Waals surface area contributed by atoms with Crippen LogP contribution in [0.1, 0.15) is 12.5 Å². The van der Waals surface area contributed by atoms with Gasteiger partial charge in [-0.3, -0.25) is 4.79 Å². The third-order valence-electron chi connectivity index (χ3n) is 3.48. The summed E-state index contributed by atoms with van der Waals surface area (Å²) in [5, 5.41) is 26.4. The summed E-state index contributed by atoms with van der Waals surface area (Å²) in [6.07, 6.45) is 0.370. The monoisotopic (exact) mass is 350 g/mol.